The lowest BCUT2D eigenvalue weighted by atomic mass is 9.98. The van der Waals surface area contributed by atoms with Crippen LogP contribution in [0.15, 0.2) is 18.2 Å². The molecule has 0 radical (unpaired) electrons. The van der Waals surface area contributed by atoms with E-state index in [0.29, 0.717) is 6.04 Å². The number of aryl methyl sites for hydroxylation is 2. The Morgan fingerprint density at radius 1 is 1.16 bits per heavy atom. The van der Waals surface area contributed by atoms with E-state index in [2.05, 4.69) is 70.1 Å². The second-order valence-electron chi connectivity index (χ2n) is 5.95. The molecular formula is C17H30N2. The molecule has 108 valence electrons. The van der Waals surface area contributed by atoms with Crippen LogP contribution in [0.1, 0.15) is 43.5 Å². The van der Waals surface area contributed by atoms with Crippen LogP contribution < -0.4 is 5.32 Å². The van der Waals surface area contributed by atoms with Crippen molar-refractivity contribution in [1.29, 1.82) is 0 Å². The summed E-state index contributed by atoms with van der Waals surface area (Å²) in [5.74, 6) is 0.719. The first-order valence-electron chi connectivity index (χ1n) is 7.44. The van der Waals surface area contributed by atoms with E-state index in [9.17, 15) is 0 Å². The van der Waals surface area contributed by atoms with Gasteiger partial charge in [0.25, 0.3) is 0 Å². The Bertz CT molecular complexity index is 385. The maximum absolute atomic E-state index is 3.48. The molecule has 0 spiro atoms. The van der Waals surface area contributed by atoms with Gasteiger partial charge in [0.05, 0.1) is 0 Å². The monoisotopic (exact) mass is 262 g/mol. The minimum absolute atomic E-state index is 0.415. The Balaban J connectivity index is 2.84. The van der Waals surface area contributed by atoms with Gasteiger partial charge >= 0.3 is 0 Å². The highest BCUT2D eigenvalue weighted by molar-refractivity contribution is 5.33. The number of benzene rings is 1. The predicted molar refractivity (Wildman–Crippen MR) is 84.7 cm³/mol. The molecule has 0 aliphatic carbocycles. The molecule has 1 rings (SSSR count). The van der Waals surface area contributed by atoms with Crippen molar-refractivity contribution >= 4 is 0 Å². The predicted octanol–water partition coefficient (Wildman–Crippen LogP) is 3.54. The highest BCUT2D eigenvalue weighted by Gasteiger charge is 2.16. The summed E-state index contributed by atoms with van der Waals surface area (Å²) in [6.07, 6.45) is 0. The van der Waals surface area contributed by atoms with Gasteiger partial charge in [-0.1, -0.05) is 44.5 Å². The normalized spacial score (nSPS) is 13.3. The summed E-state index contributed by atoms with van der Waals surface area (Å²) < 4.78 is 0. The fraction of sp³-hybridized carbons (Fsp3) is 0.647. The number of nitrogens with one attached hydrogen (secondary N) is 1. The third kappa shape index (κ3) is 4.96. The summed E-state index contributed by atoms with van der Waals surface area (Å²) in [4.78, 5) is 2.54. The van der Waals surface area contributed by atoms with Crippen LogP contribution in [0.3, 0.4) is 0 Å². The summed E-state index contributed by atoms with van der Waals surface area (Å²) in [5, 5.41) is 3.48. The molecule has 0 aliphatic rings. The number of hydrogen-bond acceptors (Lipinski definition) is 2. The van der Waals surface area contributed by atoms with E-state index in [-0.39, 0.29) is 0 Å². The van der Waals surface area contributed by atoms with Crippen molar-refractivity contribution in [3.63, 3.8) is 0 Å². The lowest BCUT2D eigenvalue weighted by molar-refractivity contribution is 0.232. The van der Waals surface area contributed by atoms with Crippen molar-refractivity contribution in [2.24, 2.45) is 5.92 Å². The van der Waals surface area contributed by atoms with Crippen LogP contribution >= 0.6 is 0 Å². The van der Waals surface area contributed by atoms with Gasteiger partial charge in [0.15, 0.2) is 0 Å². The van der Waals surface area contributed by atoms with Crippen LogP contribution in [0.5, 0.6) is 0 Å². The number of rotatable bonds is 7. The molecule has 1 atom stereocenters. The van der Waals surface area contributed by atoms with Crippen molar-refractivity contribution < 1.29 is 0 Å². The maximum atomic E-state index is 3.48. The molecule has 0 saturated heterocycles. The number of hydrogen-bond donors (Lipinski definition) is 1. The first-order valence-corrected chi connectivity index (χ1v) is 7.44. The van der Waals surface area contributed by atoms with E-state index in [4.69, 9.17) is 0 Å². The maximum Gasteiger partial charge on any atom is 0.0449 e. The zero-order chi connectivity index (χ0) is 14.4. The molecule has 2 nitrogen and oxygen atoms in total. The van der Waals surface area contributed by atoms with E-state index in [1.807, 2.05) is 0 Å². The molecule has 0 amide bonds. The average molecular weight is 262 g/mol. The highest BCUT2D eigenvalue weighted by atomic mass is 15.1. The van der Waals surface area contributed by atoms with Crippen LogP contribution in [0.2, 0.25) is 0 Å². The van der Waals surface area contributed by atoms with Crippen LogP contribution in [0.4, 0.5) is 0 Å². The molecule has 1 aromatic rings. The van der Waals surface area contributed by atoms with Crippen LogP contribution in [0.25, 0.3) is 0 Å². The lowest BCUT2D eigenvalue weighted by Gasteiger charge is -2.29. The summed E-state index contributed by atoms with van der Waals surface area (Å²) in [6, 6.07) is 7.16. The molecule has 2 heteroatoms. The fourth-order valence-corrected chi connectivity index (χ4v) is 2.59. The van der Waals surface area contributed by atoms with Gasteiger partial charge in [-0.05, 0) is 44.5 Å². The standard InChI is InChI=1S/C17H30N2/c1-7-19(11-13(2)3)12-17(18-6)16-10-14(4)8-9-15(16)5/h8-10,13,17-18H,7,11-12H2,1-6H3. The summed E-state index contributed by atoms with van der Waals surface area (Å²) >= 11 is 0. The van der Waals surface area contributed by atoms with Crippen molar-refractivity contribution in [2.45, 2.75) is 40.7 Å². The molecule has 0 saturated carbocycles. The second-order valence-corrected chi connectivity index (χ2v) is 5.95. The molecule has 1 unspecified atom stereocenters. The summed E-state index contributed by atoms with van der Waals surface area (Å²) in [7, 11) is 2.07. The fourth-order valence-electron chi connectivity index (χ4n) is 2.59. The molecule has 1 N–H and O–H groups in total. The largest absolute Gasteiger partial charge is 0.312 e. The second kappa shape index (κ2) is 7.66. The van der Waals surface area contributed by atoms with E-state index in [1.165, 1.54) is 23.2 Å². The van der Waals surface area contributed by atoms with Gasteiger partial charge in [-0.25, -0.2) is 0 Å². The Kier molecular flexibility index (Phi) is 6.53. The molecule has 0 heterocycles. The van der Waals surface area contributed by atoms with E-state index in [0.717, 1.165) is 19.0 Å². The molecule has 19 heavy (non-hydrogen) atoms. The Labute approximate surface area is 119 Å². The molecule has 0 fully saturated rings. The third-order valence-electron chi connectivity index (χ3n) is 3.67. The van der Waals surface area contributed by atoms with Crippen molar-refractivity contribution in [1.82, 2.24) is 10.2 Å². The zero-order valence-corrected chi connectivity index (χ0v) is 13.5. The van der Waals surface area contributed by atoms with Crippen molar-refractivity contribution in [2.75, 3.05) is 26.7 Å². The topological polar surface area (TPSA) is 15.3 Å². The van der Waals surface area contributed by atoms with Gasteiger partial charge in [0.1, 0.15) is 0 Å². The molecule has 0 aromatic heterocycles. The SMILES string of the molecule is CCN(CC(C)C)CC(NC)c1cc(C)ccc1C. The Morgan fingerprint density at radius 3 is 2.37 bits per heavy atom. The summed E-state index contributed by atoms with van der Waals surface area (Å²) in [6.45, 7) is 14.6. The molecule has 0 bridgehead atoms. The molecule has 1 aromatic carbocycles. The van der Waals surface area contributed by atoms with Gasteiger partial charge in [-0.3, -0.25) is 0 Å². The first kappa shape index (κ1) is 16.2. The molecule has 0 aliphatic heterocycles. The lowest BCUT2D eigenvalue weighted by Crippen LogP contribution is -2.36. The number of likely N-dealkylation sites (N-methyl/N-ethyl adjacent to an activating group) is 2. The smallest absolute Gasteiger partial charge is 0.0449 e. The van der Waals surface area contributed by atoms with E-state index in [1.54, 1.807) is 0 Å². The Hall–Kier alpha value is -0.860. The van der Waals surface area contributed by atoms with Gasteiger partial charge < -0.3 is 10.2 Å². The third-order valence-corrected chi connectivity index (χ3v) is 3.67. The highest BCUT2D eigenvalue weighted by Crippen LogP contribution is 2.20. The van der Waals surface area contributed by atoms with Gasteiger partial charge in [0.2, 0.25) is 0 Å². The van der Waals surface area contributed by atoms with Crippen LogP contribution in [0, 0.1) is 19.8 Å². The van der Waals surface area contributed by atoms with Gasteiger partial charge in [0, 0.05) is 19.1 Å². The van der Waals surface area contributed by atoms with Gasteiger partial charge in [-0.2, -0.15) is 0 Å². The molecular weight excluding hydrogens is 232 g/mol. The van der Waals surface area contributed by atoms with Crippen molar-refractivity contribution in [3.8, 4) is 0 Å². The summed E-state index contributed by atoms with van der Waals surface area (Å²) in [5.41, 5.74) is 4.16. The van der Waals surface area contributed by atoms with E-state index >= 15 is 0 Å². The first-order chi connectivity index (χ1) is 8.97. The zero-order valence-electron chi connectivity index (χ0n) is 13.5. The number of nitrogens with zero attached hydrogens (tertiary/aromatic N) is 1. The average Bonchev–Trinajstić information content (AvgIpc) is 2.37. The van der Waals surface area contributed by atoms with E-state index < -0.39 is 0 Å². The minimum Gasteiger partial charge on any atom is -0.312 e. The van der Waals surface area contributed by atoms with Crippen molar-refractivity contribution in [3.05, 3.63) is 34.9 Å². The van der Waals surface area contributed by atoms with Crippen LogP contribution in [-0.2, 0) is 0 Å². The van der Waals surface area contributed by atoms with Crippen LogP contribution in [-0.4, -0.2) is 31.6 Å². The van der Waals surface area contributed by atoms with Gasteiger partial charge in [-0.15, -0.1) is 0 Å². The minimum atomic E-state index is 0.415. The Morgan fingerprint density at radius 2 is 1.84 bits per heavy atom. The quantitative estimate of drug-likeness (QED) is 0.808.